The Bertz CT molecular complexity index is 1380. The number of fused-ring (bicyclic) bond motifs is 1. The first-order chi connectivity index (χ1) is 20.9. The lowest BCUT2D eigenvalue weighted by Crippen LogP contribution is -2.30. The van der Waals surface area contributed by atoms with Gasteiger partial charge in [-0.3, -0.25) is 14.3 Å². The molecule has 3 heterocycles. The van der Waals surface area contributed by atoms with Crippen LogP contribution in [0.5, 0.6) is 0 Å². The van der Waals surface area contributed by atoms with Crippen LogP contribution >= 0.6 is 0 Å². The van der Waals surface area contributed by atoms with Gasteiger partial charge in [0.1, 0.15) is 5.69 Å². The van der Waals surface area contributed by atoms with Crippen molar-refractivity contribution in [2.24, 2.45) is 5.92 Å². The number of rotatable bonds is 8. The highest BCUT2D eigenvalue weighted by Crippen LogP contribution is 2.42. The van der Waals surface area contributed by atoms with Gasteiger partial charge in [0.05, 0.1) is 24.6 Å². The first kappa shape index (κ1) is 33.4. The molecule has 0 bridgehead atoms. The summed E-state index contributed by atoms with van der Waals surface area (Å²) in [5, 5.41) is 14.0. The third kappa shape index (κ3) is 10.0. The molecule has 13 heteroatoms. The zero-order valence-corrected chi connectivity index (χ0v) is 25.5. The van der Waals surface area contributed by atoms with Gasteiger partial charge >= 0.3 is 0 Å². The summed E-state index contributed by atoms with van der Waals surface area (Å²) in [5.74, 6) is -6.61. The third-order valence-electron chi connectivity index (χ3n) is 7.77. The summed E-state index contributed by atoms with van der Waals surface area (Å²) in [5.41, 5.74) is 2.35. The summed E-state index contributed by atoms with van der Waals surface area (Å²) in [7, 11) is 0. The summed E-state index contributed by atoms with van der Waals surface area (Å²) in [6, 6.07) is 3.49. The standard InChI is InChI=1S/C22H27F2N7O2.C6H10F2.C3H6/c1-14(2)31-18(5-7-27-31)21(33)26-12-17-13-30-19(29-17)8-15(11-28-30)10-25-20(32)9-16-4-3-6-22(16,23)24;7-6(8)4-2-1-3-5-6;1-2-3-1/h5,7-8,11,13-14,16H,3-4,6,9-10,12H2,1-2H3,(H,25,32)(H,26,33);1-5H2;1-3H2. The van der Waals surface area contributed by atoms with Gasteiger partial charge in [-0.2, -0.15) is 10.2 Å². The summed E-state index contributed by atoms with van der Waals surface area (Å²) < 4.78 is 55.1. The van der Waals surface area contributed by atoms with Gasteiger partial charge in [-0.15, -0.1) is 0 Å². The Morgan fingerprint density at radius 2 is 1.66 bits per heavy atom. The second-order valence-corrected chi connectivity index (χ2v) is 12.1. The highest BCUT2D eigenvalue weighted by Gasteiger charge is 2.44. The quantitative estimate of drug-likeness (QED) is 0.275. The second-order valence-electron chi connectivity index (χ2n) is 12.1. The van der Waals surface area contributed by atoms with E-state index in [0.29, 0.717) is 48.3 Å². The molecule has 0 saturated heterocycles. The molecule has 44 heavy (non-hydrogen) atoms. The maximum Gasteiger partial charge on any atom is 0.269 e. The molecular weight excluding hydrogens is 578 g/mol. The molecule has 2 amide bonds. The van der Waals surface area contributed by atoms with Gasteiger partial charge in [0.15, 0.2) is 5.65 Å². The van der Waals surface area contributed by atoms with Crippen molar-refractivity contribution in [1.29, 1.82) is 0 Å². The molecule has 0 radical (unpaired) electrons. The van der Waals surface area contributed by atoms with E-state index in [1.54, 1.807) is 39.9 Å². The van der Waals surface area contributed by atoms with Crippen molar-refractivity contribution in [2.75, 3.05) is 0 Å². The molecule has 3 aromatic rings. The van der Waals surface area contributed by atoms with Crippen LogP contribution < -0.4 is 10.6 Å². The van der Waals surface area contributed by atoms with E-state index in [-0.39, 0.29) is 50.7 Å². The van der Waals surface area contributed by atoms with Crippen molar-refractivity contribution in [3.8, 4) is 0 Å². The molecule has 242 valence electrons. The Balaban J connectivity index is 0.000000335. The van der Waals surface area contributed by atoms with Crippen LogP contribution in [0.2, 0.25) is 0 Å². The fourth-order valence-electron chi connectivity index (χ4n) is 5.13. The van der Waals surface area contributed by atoms with Crippen molar-refractivity contribution in [3.63, 3.8) is 0 Å². The topological polar surface area (TPSA) is 106 Å². The Kier molecular flexibility index (Phi) is 11.4. The number of alkyl halides is 4. The van der Waals surface area contributed by atoms with Gasteiger partial charge in [-0.1, -0.05) is 25.7 Å². The minimum Gasteiger partial charge on any atom is -0.352 e. The van der Waals surface area contributed by atoms with Crippen molar-refractivity contribution >= 4 is 17.5 Å². The third-order valence-corrected chi connectivity index (χ3v) is 7.77. The molecule has 3 saturated carbocycles. The van der Waals surface area contributed by atoms with E-state index in [1.807, 2.05) is 13.8 Å². The molecule has 3 aromatic heterocycles. The number of carbonyl (C=O) groups excluding carboxylic acids is 2. The van der Waals surface area contributed by atoms with Crippen LogP contribution in [0, 0.1) is 5.92 Å². The SMILES string of the molecule is C1CC1.CC(C)n1nccc1C(=O)NCc1cn2ncc(CNC(=O)CC3CCCC3(F)F)cc2n1.FC1(F)CCCCC1. The van der Waals surface area contributed by atoms with Crippen LogP contribution in [0.1, 0.15) is 119 Å². The number of hydrogen-bond acceptors (Lipinski definition) is 5. The summed E-state index contributed by atoms with van der Waals surface area (Å²) in [4.78, 5) is 29.1. The van der Waals surface area contributed by atoms with E-state index >= 15 is 0 Å². The average molecular weight is 622 g/mol. The number of hydrogen-bond donors (Lipinski definition) is 2. The van der Waals surface area contributed by atoms with E-state index in [4.69, 9.17) is 0 Å². The van der Waals surface area contributed by atoms with E-state index in [2.05, 4.69) is 25.8 Å². The molecule has 3 aliphatic rings. The van der Waals surface area contributed by atoms with Gasteiger partial charge in [0.2, 0.25) is 11.8 Å². The molecule has 3 aliphatic carbocycles. The monoisotopic (exact) mass is 621 g/mol. The highest BCUT2D eigenvalue weighted by molar-refractivity contribution is 5.92. The molecule has 0 spiro atoms. The fourth-order valence-corrected chi connectivity index (χ4v) is 5.13. The zero-order valence-electron chi connectivity index (χ0n) is 25.5. The number of imidazole rings is 1. The van der Waals surface area contributed by atoms with Crippen LogP contribution in [0.4, 0.5) is 17.6 Å². The summed E-state index contributed by atoms with van der Waals surface area (Å²) >= 11 is 0. The first-order valence-corrected chi connectivity index (χ1v) is 15.6. The summed E-state index contributed by atoms with van der Waals surface area (Å²) in [6.07, 6.45) is 12.6. The first-order valence-electron chi connectivity index (χ1n) is 15.6. The van der Waals surface area contributed by atoms with Crippen LogP contribution in [0.3, 0.4) is 0 Å². The Hall–Kier alpha value is -3.51. The zero-order chi connectivity index (χ0) is 31.7. The maximum atomic E-state index is 13.7. The number of halogens is 4. The van der Waals surface area contributed by atoms with Crippen molar-refractivity contribution in [3.05, 3.63) is 47.7 Å². The number of carbonyl (C=O) groups is 2. The average Bonchev–Trinajstić information content (AvgIpc) is 3.55. The largest absolute Gasteiger partial charge is 0.352 e. The Morgan fingerprint density at radius 1 is 0.955 bits per heavy atom. The lowest BCUT2D eigenvalue weighted by atomic mass is 9.97. The molecule has 9 nitrogen and oxygen atoms in total. The molecule has 0 aliphatic heterocycles. The molecule has 1 unspecified atom stereocenters. The van der Waals surface area contributed by atoms with Crippen LogP contribution in [0.15, 0.2) is 30.7 Å². The fraction of sp³-hybridized carbons (Fsp3) is 0.645. The van der Waals surface area contributed by atoms with Crippen LogP contribution in [-0.4, -0.2) is 48.0 Å². The second kappa shape index (κ2) is 15.0. The van der Waals surface area contributed by atoms with E-state index < -0.39 is 23.7 Å². The normalized spacial score (nSPS) is 19.8. The predicted molar refractivity (Wildman–Crippen MR) is 157 cm³/mol. The van der Waals surface area contributed by atoms with E-state index in [9.17, 15) is 27.2 Å². The van der Waals surface area contributed by atoms with Crippen molar-refractivity contribution < 1.29 is 27.2 Å². The number of aromatic nitrogens is 5. The highest BCUT2D eigenvalue weighted by atomic mass is 19.3. The predicted octanol–water partition coefficient (Wildman–Crippen LogP) is 6.63. The van der Waals surface area contributed by atoms with Gasteiger partial charge in [-0.05, 0) is 57.2 Å². The molecule has 0 aromatic carbocycles. The van der Waals surface area contributed by atoms with E-state index in [0.717, 1.165) is 6.42 Å². The summed E-state index contributed by atoms with van der Waals surface area (Å²) in [6.45, 7) is 4.29. The number of amides is 2. The molecular formula is C31H43F4N7O2. The lowest BCUT2D eigenvalue weighted by molar-refractivity contribution is -0.125. The smallest absolute Gasteiger partial charge is 0.269 e. The molecule has 1 atom stereocenters. The molecule has 3 fully saturated rings. The minimum atomic E-state index is -2.76. The minimum absolute atomic E-state index is 0.0636. The van der Waals surface area contributed by atoms with Crippen molar-refractivity contribution in [2.45, 2.75) is 122 Å². The van der Waals surface area contributed by atoms with Crippen LogP contribution in [-0.2, 0) is 17.9 Å². The van der Waals surface area contributed by atoms with Crippen molar-refractivity contribution in [1.82, 2.24) is 35.0 Å². The number of nitrogens with one attached hydrogen (secondary N) is 2. The van der Waals surface area contributed by atoms with Gasteiger partial charge in [0.25, 0.3) is 11.8 Å². The maximum absolute atomic E-state index is 13.7. The Labute approximate surface area is 255 Å². The lowest BCUT2D eigenvalue weighted by Gasteiger charge is -2.20. The molecule has 6 rings (SSSR count). The Morgan fingerprint density at radius 3 is 2.25 bits per heavy atom. The van der Waals surface area contributed by atoms with E-state index in [1.165, 1.54) is 19.3 Å². The van der Waals surface area contributed by atoms with Gasteiger partial charge < -0.3 is 10.6 Å². The number of nitrogens with zero attached hydrogens (tertiary/aromatic N) is 5. The van der Waals surface area contributed by atoms with Gasteiger partial charge in [0, 0.05) is 50.4 Å². The van der Waals surface area contributed by atoms with Gasteiger partial charge in [-0.25, -0.2) is 27.1 Å². The molecule has 2 N–H and O–H groups in total. The van der Waals surface area contributed by atoms with Crippen LogP contribution in [0.25, 0.3) is 5.65 Å².